The Bertz CT molecular complexity index is 679. The lowest BCUT2D eigenvalue weighted by atomic mass is 10.2. The van der Waals surface area contributed by atoms with Crippen LogP contribution >= 0.6 is 34.3 Å². The maximum absolute atomic E-state index is 12.1. The molecule has 0 fully saturated rings. The Morgan fingerprint density at radius 2 is 2.30 bits per heavy atom. The number of rotatable bonds is 3. The van der Waals surface area contributed by atoms with Crippen LogP contribution in [0.1, 0.15) is 25.7 Å². The SMILES string of the molecule is Cc1csc(C(=O)NCc2sccc2C#CCN)c1Cl. The largest absolute Gasteiger partial charge is 0.346 e. The fourth-order valence-electron chi connectivity index (χ4n) is 1.56. The van der Waals surface area contributed by atoms with Crippen molar-refractivity contribution in [3.8, 4) is 11.8 Å². The molecule has 0 bridgehead atoms. The van der Waals surface area contributed by atoms with Gasteiger partial charge in [0.15, 0.2) is 0 Å². The van der Waals surface area contributed by atoms with Crippen LogP contribution in [0.3, 0.4) is 0 Å². The number of carbonyl (C=O) groups excluding carboxylic acids is 1. The standard InChI is InChI=1S/C14H13ClN2OS2/c1-9-8-20-13(12(9)15)14(18)17-7-11-10(3-2-5-16)4-6-19-11/h4,6,8H,5,7,16H2,1H3,(H,17,18). The Balaban J connectivity index is 2.04. The number of thiophene rings is 2. The molecule has 0 spiro atoms. The van der Waals surface area contributed by atoms with Gasteiger partial charge in [0.1, 0.15) is 4.88 Å². The molecule has 0 unspecified atom stereocenters. The quantitative estimate of drug-likeness (QED) is 0.853. The summed E-state index contributed by atoms with van der Waals surface area (Å²) in [7, 11) is 0. The topological polar surface area (TPSA) is 55.1 Å². The van der Waals surface area contributed by atoms with Gasteiger partial charge in [0, 0.05) is 10.4 Å². The van der Waals surface area contributed by atoms with Crippen LogP contribution in [0.5, 0.6) is 0 Å². The molecule has 20 heavy (non-hydrogen) atoms. The smallest absolute Gasteiger partial charge is 0.263 e. The van der Waals surface area contributed by atoms with Crippen LogP contribution in [0.2, 0.25) is 5.02 Å². The van der Waals surface area contributed by atoms with Gasteiger partial charge < -0.3 is 11.1 Å². The lowest BCUT2D eigenvalue weighted by molar-refractivity contribution is 0.0955. The molecule has 0 aliphatic heterocycles. The van der Waals surface area contributed by atoms with Gasteiger partial charge in [-0.3, -0.25) is 4.79 Å². The zero-order chi connectivity index (χ0) is 14.5. The van der Waals surface area contributed by atoms with Gasteiger partial charge in [0.05, 0.1) is 18.1 Å². The van der Waals surface area contributed by atoms with Gasteiger partial charge in [-0.25, -0.2) is 0 Å². The highest BCUT2D eigenvalue weighted by Crippen LogP contribution is 2.27. The van der Waals surface area contributed by atoms with Crippen molar-refractivity contribution in [3.05, 3.63) is 42.7 Å². The lowest BCUT2D eigenvalue weighted by Gasteiger charge is -2.03. The second-order valence-corrected chi connectivity index (χ2v) is 6.27. The summed E-state index contributed by atoms with van der Waals surface area (Å²) < 4.78 is 0. The monoisotopic (exact) mass is 324 g/mol. The molecule has 0 aliphatic rings. The van der Waals surface area contributed by atoms with Crippen molar-refractivity contribution in [1.29, 1.82) is 0 Å². The maximum Gasteiger partial charge on any atom is 0.263 e. The molecule has 6 heteroatoms. The van der Waals surface area contributed by atoms with E-state index < -0.39 is 0 Å². The Kier molecular flexibility index (Phi) is 5.21. The first-order chi connectivity index (χ1) is 9.63. The van der Waals surface area contributed by atoms with Crippen molar-refractivity contribution in [2.75, 3.05) is 6.54 Å². The van der Waals surface area contributed by atoms with E-state index in [1.54, 1.807) is 11.3 Å². The van der Waals surface area contributed by atoms with Crippen molar-refractivity contribution < 1.29 is 4.79 Å². The normalized spacial score (nSPS) is 9.95. The minimum absolute atomic E-state index is 0.153. The summed E-state index contributed by atoms with van der Waals surface area (Å²) in [6, 6.07) is 1.93. The van der Waals surface area contributed by atoms with Crippen molar-refractivity contribution in [2.24, 2.45) is 5.73 Å². The van der Waals surface area contributed by atoms with Crippen LogP contribution in [-0.2, 0) is 6.54 Å². The van der Waals surface area contributed by atoms with Gasteiger partial charge in [-0.05, 0) is 29.3 Å². The number of nitrogens with one attached hydrogen (secondary N) is 1. The Morgan fingerprint density at radius 3 is 2.95 bits per heavy atom. The second kappa shape index (κ2) is 6.91. The molecule has 3 N–H and O–H groups in total. The number of hydrogen-bond donors (Lipinski definition) is 2. The van der Waals surface area contributed by atoms with Crippen LogP contribution < -0.4 is 11.1 Å². The molecule has 2 rings (SSSR count). The van der Waals surface area contributed by atoms with Crippen molar-refractivity contribution in [1.82, 2.24) is 5.32 Å². The Labute approximate surface area is 130 Å². The molecule has 3 nitrogen and oxygen atoms in total. The molecule has 2 heterocycles. The summed E-state index contributed by atoms with van der Waals surface area (Å²) >= 11 is 8.99. The van der Waals surface area contributed by atoms with E-state index >= 15 is 0 Å². The van der Waals surface area contributed by atoms with E-state index in [0.29, 0.717) is 23.0 Å². The lowest BCUT2D eigenvalue weighted by Crippen LogP contribution is -2.22. The molecule has 2 aromatic rings. The summed E-state index contributed by atoms with van der Waals surface area (Å²) in [6.45, 7) is 2.65. The first kappa shape index (κ1) is 15.1. The second-order valence-electron chi connectivity index (χ2n) is 4.01. The fourth-order valence-corrected chi connectivity index (χ4v) is 3.52. The van der Waals surface area contributed by atoms with Gasteiger partial charge in [-0.2, -0.15) is 0 Å². The fraction of sp³-hybridized carbons (Fsp3) is 0.214. The van der Waals surface area contributed by atoms with E-state index in [0.717, 1.165) is 16.0 Å². The maximum atomic E-state index is 12.1. The molecule has 1 amide bonds. The molecule has 104 valence electrons. The minimum Gasteiger partial charge on any atom is -0.346 e. The number of halogens is 1. The highest BCUT2D eigenvalue weighted by Gasteiger charge is 2.14. The summed E-state index contributed by atoms with van der Waals surface area (Å²) in [4.78, 5) is 13.6. The van der Waals surface area contributed by atoms with E-state index in [-0.39, 0.29) is 5.91 Å². The zero-order valence-corrected chi connectivity index (χ0v) is 13.2. The third-order valence-electron chi connectivity index (χ3n) is 2.59. The van der Waals surface area contributed by atoms with E-state index in [1.807, 2.05) is 23.8 Å². The number of hydrogen-bond acceptors (Lipinski definition) is 4. The molecule has 0 saturated carbocycles. The van der Waals surface area contributed by atoms with Crippen molar-refractivity contribution in [2.45, 2.75) is 13.5 Å². The first-order valence-electron chi connectivity index (χ1n) is 5.90. The van der Waals surface area contributed by atoms with E-state index in [4.69, 9.17) is 17.3 Å². The van der Waals surface area contributed by atoms with Gasteiger partial charge in [-0.1, -0.05) is 23.4 Å². The van der Waals surface area contributed by atoms with Crippen LogP contribution in [0.15, 0.2) is 16.8 Å². The van der Waals surface area contributed by atoms with E-state index in [2.05, 4.69) is 17.2 Å². The summed E-state index contributed by atoms with van der Waals surface area (Å²) in [5.41, 5.74) is 7.19. The van der Waals surface area contributed by atoms with Crippen LogP contribution in [-0.4, -0.2) is 12.5 Å². The highest BCUT2D eigenvalue weighted by molar-refractivity contribution is 7.13. The average Bonchev–Trinajstić information content (AvgIpc) is 3.02. The van der Waals surface area contributed by atoms with Crippen LogP contribution in [0, 0.1) is 18.8 Å². The molecule has 0 radical (unpaired) electrons. The van der Waals surface area contributed by atoms with Gasteiger partial charge in [0.2, 0.25) is 0 Å². The van der Waals surface area contributed by atoms with Gasteiger partial charge >= 0.3 is 0 Å². The highest BCUT2D eigenvalue weighted by atomic mass is 35.5. The molecule has 2 aromatic heterocycles. The Hall–Kier alpha value is -1.32. The number of amides is 1. The number of nitrogens with two attached hydrogens (primary N) is 1. The van der Waals surface area contributed by atoms with Crippen LogP contribution in [0.25, 0.3) is 0 Å². The Morgan fingerprint density at radius 1 is 1.50 bits per heavy atom. The number of carbonyl (C=O) groups is 1. The van der Waals surface area contributed by atoms with Crippen molar-refractivity contribution >= 4 is 40.2 Å². The molecule has 0 aliphatic carbocycles. The number of aryl methyl sites for hydroxylation is 1. The van der Waals surface area contributed by atoms with Gasteiger partial charge in [0.25, 0.3) is 5.91 Å². The molecule has 0 atom stereocenters. The average molecular weight is 325 g/mol. The third kappa shape index (κ3) is 3.41. The first-order valence-corrected chi connectivity index (χ1v) is 8.04. The van der Waals surface area contributed by atoms with E-state index in [9.17, 15) is 4.79 Å². The minimum atomic E-state index is -0.153. The third-order valence-corrected chi connectivity index (χ3v) is 5.20. The predicted molar refractivity (Wildman–Crippen MR) is 85.5 cm³/mol. The van der Waals surface area contributed by atoms with Crippen molar-refractivity contribution in [3.63, 3.8) is 0 Å². The van der Waals surface area contributed by atoms with E-state index in [1.165, 1.54) is 11.3 Å². The summed E-state index contributed by atoms with van der Waals surface area (Å²) in [5, 5.41) is 7.22. The molecular formula is C14H13ClN2OS2. The molecular weight excluding hydrogens is 312 g/mol. The van der Waals surface area contributed by atoms with Crippen LogP contribution in [0.4, 0.5) is 0 Å². The summed E-state index contributed by atoms with van der Waals surface area (Å²) in [5.74, 6) is 5.65. The predicted octanol–water partition coefficient (Wildman–Crippen LogP) is 3.01. The zero-order valence-electron chi connectivity index (χ0n) is 10.8. The summed E-state index contributed by atoms with van der Waals surface area (Å²) in [6.07, 6.45) is 0. The molecule has 0 aromatic carbocycles. The van der Waals surface area contributed by atoms with Gasteiger partial charge in [-0.15, -0.1) is 22.7 Å². The molecule has 0 saturated heterocycles.